The van der Waals surface area contributed by atoms with Gasteiger partial charge in [0.2, 0.25) is 5.91 Å². The van der Waals surface area contributed by atoms with Crippen molar-refractivity contribution in [2.45, 2.75) is 40.7 Å². The van der Waals surface area contributed by atoms with E-state index in [1.807, 2.05) is 11.8 Å². The number of carbonyl (C=O) groups excluding carboxylic acids is 1. The van der Waals surface area contributed by atoms with Gasteiger partial charge >= 0.3 is 0 Å². The normalized spacial score (nSPS) is 16.7. The van der Waals surface area contributed by atoms with Gasteiger partial charge in [-0.2, -0.15) is 0 Å². The largest absolute Gasteiger partial charge is 0.340 e. The fraction of sp³-hybridized carbons (Fsp3) is 0.733. The van der Waals surface area contributed by atoms with E-state index < -0.39 is 0 Å². The van der Waals surface area contributed by atoms with E-state index in [0.29, 0.717) is 12.3 Å². The number of rotatable bonds is 3. The molecular formula is C15H26ClN3OS. The molecule has 0 radical (unpaired) electrons. The molecule has 4 nitrogen and oxygen atoms in total. The van der Waals surface area contributed by atoms with Crippen molar-refractivity contribution in [2.24, 2.45) is 5.41 Å². The number of piperazine rings is 1. The monoisotopic (exact) mass is 331 g/mol. The number of nitrogens with zero attached hydrogens (tertiary/aromatic N) is 3. The molecule has 0 bridgehead atoms. The van der Waals surface area contributed by atoms with Crippen LogP contribution in [0.2, 0.25) is 0 Å². The van der Waals surface area contributed by atoms with E-state index in [0.717, 1.165) is 38.4 Å². The third-order valence-electron chi connectivity index (χ3n) is 3.43. The predicted octanol–water partition coefficient (Wildman–Crippen LogP) is 2.95. The first-order valence-electron chi connectivity index (χ1n) is 7.25. The lowest BCUT2D eigenvalue weighted by Crippen LogP contribution is -2.48. The van der Waals surface area contributed by atoms with Gasteiger partial charge in [0.25, 0.3) is 0 Å². The van der Waals surface area contributed by atoms with Crippen LogP contribution in [0, 0.1) is 12.3 Å². The number of aromatic nitrogens is 1. The molecule has 1 aromatic heterocycles. The molecule has 0 aromatic carbocycles. The fourth-order valence-electron chi connectivity index (χ4n) is 2.39. The van der Waals surface area contributed by atoms with Crippen molar-refractivity contribution in [1.82, 2.24) is 14.8 Å². The number of halogens is 1. The molecule has 1 aliphatic heterocycles. The van der Waals surface area contributed by atoms with E-state index in [4.69, 9.17) is 0 Å². The third-order valence-corrected chi connectivity index (χ3v) is 4.38. The SMILES string of the molecule is Cc1csc(CN2CCN(C(=O)CC(C)(C)C)CC2)n1.Cl. The quantitative estimate of drug-likeness (QED) is 0.854. The van der Waals surface area contributed by atoms with Gasteiger partial charge < -0.3 is 4.90 Å². The van der Waals surface area contributed by atoms with E-state index in [2.05, 4.69) is 36.0 Å². The average molecular weight is 332 g/mol. The van der Waals surface area contributed by atoms with Gasteiger partial charge in [0, 0.05) is 43.7 Å². The van der Waals surface area contributed by atoms with Crippen molar-refractivity contribution in [3.05, 3.63) is 16.1 Å². The van der Waals surface area contributed by atoms with Gasteiger partial charge in [0.05, 0.1) is 6.54 Å². The molecule has 1 saturated heterocycles. The zero-order valence-corrected chi connectivity index (χ0v) is 15.0. The Kier molecular flexibility index (Phi) is 6.63. The van der Waals surface area contributed by atoms with Crippen LogP contribution in [0.25, 0.3) is 0 Å². The molecule has 0 saturated carbocycles. The van der Waals surface area contributed by atoms with Crippen molar-refractivity contribution < 1.29 is 4.79 Å². The minimum atomic E-state index is 0. The zero-order valence-electron chi connectivity index (χ0n) is 13.4. The first kappa shape index (κ1) is 18.4. The van der Waals surface area contributed by atoms with Crippen LogP contribution in [0.5, 0.6) is 0 Å². The Labute approximate surface area is 137 Å². The van der Waals surface area contributed by atoms with Crippen LogP contribution in [0.1, 0.15) is 37.9 Å². The maximum absolute atomic E-state index is 12.2. The van der Waals surface area contributed by atoms with Gasteiger partial charge in [0.1, 0.15) is 5.01 Å². The maximum Gasteiger partial charge on any atom is 0.223 e. The maximum atomic E-state index is 12.2. The highest BCUT2D eigenvalue weighted by atomic mass is 35.5. The molecule has 1 aromatic rings. The third kappa shape index (κ3) is 5.93. The first-order chi connectivity index (χ1) is 9.33. The Morgan fingerprint density at radius 2 is 1.90 bits per heavy atom. The lowest BCUT2D eigenvalue weighted by Gasteiger charge is -2.35. The Morgan fingerprint density at radius 3 is 2.38 bits per heavy atom. The molecule has 1 fully saturated rings. The number of hydrogen-bond acceptors (Lipinski definition) is 4. The highest BCUT2D eigenvalue weighted by Gasteiger charge is 2.25. The van der Waals surface area contributed by atoms with E-state index in [9.17, 15) is 4.79 Å². The van der Waals surface area contributed by atoms with Crippen LogP contribution in [-0.4, -0.2) is 46.9 Å². The first-order valence-corrected chi connectivity index (χ1v) is 8.12. The summed E-state index contributed by atoms with van der Waals surface area (Å²) in [5.74, 6) is 0.294. The van der Waals surface area contributed by atoms with Gasteiger partial charge in [-0.1, -0.05) is 20.8 Å². The summed E-state index contributed by atoms with van der Waals surface area (Å²) in [5.41, 5.74) is 1.18. The average Bonchev–Trinajstić information content (AvgIpc) is 2.73. The number of thiazole rings is 1. The number of hydrogen-bond donors (Lipinski definition) is 0. The lowest BCUT2D eigenvalue weighted by molar-refractivity contribution is -0.134. The minimum absolute atomic E-state index is 0. The summed E-state index contributed by atoms with van der Waals surface area (Å²) in [7, 11) is 0. The van der Waals surface area contributed by atoms with Crippen molar-refractivity contribution in [3.63, 3.8) is 0 Å². The van der Waals surface area contributed by atoms with Crippen LogP contribution >= 0.6 is 23.7 Å². The highest BCUT2D eigenvalue weighted by molar-refractivity contribution is 7.09. The molecule has 0 unspecified atom stereocenters. The topological polar surface area (TPSA) is 36.4 Å². The van der Waals surface area contributed by atoms with Crippen molar-refractivity contribution >= 4 is 29.7 Å². The van der Waals surface area contributed by atoms with Gasteiger partial charge in [0.15, 0.2) is 0 Å². The van der Waals surface area contributed by atoms with E-state index >= 15 is 0 Å². The Bertz CT molecular complexity index is 462. The predicted molar refractivity (Wildman–Crippen MR) is 90.0 cm³/mol. The second-order valence-corrected chi connectivity index (χ2v) is 7.72. The standard InChI is InChI=1S/C15H25N3OS.ClH/c1-12-11-20-13(16-12)10-17-5-7-18(8-6-17)14(19)9-15(2,3)4;/h11H,5-10H2,1-4H3;1H. The molecule has 0 spiro atoms. The van der Waals surface area contributed by atoms with Crippen LogP contribution < -0.4 is 0 Å². The molecule has 2 rings (SSSR count). The summed E-state index contributed by atoms with van der Waals surface area (Å²) < 4.78 is 0. The second kappa shape index (κ2) is 7.56. The molecule has 6 heteroatoms. The van der Waals surface area contributed by atoms with Gasteiger partial charge in [-0.25, -0.2) is 4.98 Å². The van der Waals surface area contributed by atoms with Crippen LogP contribution in [0.15, 0.2) is 5.38 Å². The molecule has 21 heavy (non-hydrogen) atoms. The molecular weight excluding hydrogens is 306 g/mol. The van der Waals surface area contributed by atoms with E-state index in [1.54, 1.807) is 11.3 Å². The molecule has 0 aliphatic carbocycles. The lowest BCUT2D eigenvalue weighted by atomic mass is 9.91. The molecule has 2 heterocycles. The van der Waals surface area contributed by atoms with Crippen molar-refractivity contribution in [2.75, 3.05) is 26.2 Å². The highest BCUT2D eigenvalue weighted by Crippen LogP contribution is 2.21. The Morgan fingerprint density at radius 1 is 1.29 bits per heavy atom. The molecule has 0 atom stereocenters. The Balaban J connectivity index is 0.00000220. The number of aryl methyl sites for hydroxylation is 1. The summed E-state index contributed by atoms with van der Waals surface area (Å²) in [4.78, 5) is 21.1. The number of carbonyl (C=O) groups is 1. The smallest absolute Gasteiger partial charge is 0.223 e. The zero-order chi connectivity index (χ0) is 14.8. The van der Waals surface area contributed by atoms with Crippen LogP contribution in [0.4, 0.5) is 0 Å². The molecule has 1 aliphatic rings. The summed E-state index contributed by atoms with van der Waals surface area (Å²) in [6, 6.07) is 0. The molecule has 0 N–H and O–H groups in total. The van der Waals surface area contributed by atoms with E-state index in [1.165, 1.54) is 5.01 Å². The van der Waals surface area contributed by atoms with Gasteiger partial charge in [-0.05, 0) is 12.3 Å². The van der Waals surface area contributed by atoms with Crippen molar-refractivity contribution in [1.29, 1.82) is 0 Å². The van der Waals surface area contributed by atoms with Crippen LogP contribution in [0.3, 0.4) is 0 Å². The summed E-state index contributed by atoms with van der Waals surface area (Å²) >= 11 is 1.72. The summed E-state index contributed by atoms with van der Waals surface area (Å²) in [6.45, 7) is 12.9. The summed E-state index contributed by atoms with van der Waals surface area (Å²) in [6.07, 6.45) is 0.638. The fourth-order valence-corrected chi connectivity index (χ4v) is 3.20. The van der Waals surface area contributed by atoms with Crippen molar-refractivity contribution in [3.8, 4) is 0 Å². The van der Waals surface area contributed by atoms with E-state index in [-0.39, 0.29) is 17.8 Å². The second-order valence-electron chi connectivity index (χ2n) is 6.78. The minimum Gasteiger partial charge on any atom is -0.340 e. The van der Waals surface area contributed by atoms with Gasteiger partial charge in [-0.15, -0.1) is 23.7 Å². The molecule has 1 amide bonds. The summed E-state index contributed by atoms with van der Waals surface area (Å²) in [5, 5.41) is 3.27. The van der Waals surface area contributed by atoms with Crippen LogP contribution in [-0.2, 0) is 11.3 Å². The number of amides is 1. The van der Waals surface area contributed by atoms with Gasteiger partial charge in [-0.3, -0.25) is 9.69 Å². The molecule has 120 valence electrons. The Hall–Kier alpha value is -0.650.